The fraction of sp³-hybridized carbons (Fsp3) is 0.0667. The zero-order valence-electron chi connectivity index (χ0n) is 11.4. The maximum absolute atomic E-state index is 12.6. The molecule has 0 aliphatic carbocycles. The topological polar surface area (TPSA) is 76.0 Å². The van der Waals surface area contributed by atoms with Crippen LogP contribution in [0.4, 0.5) is 5.69 Å². The molecule has 0 aliphatic rings. The molecule has 112 valence electrons. The minimum absolute atomic E-state index is 0.222. The van der Waals surface area contributed by atoms with Gasteiger partial charge in [-0.3, -0.25) is 9.59 Å². The lowest BCUT2D eigenvalue weighted by Gasteiger charge is -2.02. The molecule has 1 aromatic carbocycles. The Morgan fingerprint density at radius 1 is 1.23 bits per heavy atom. The van der Waals surface area contributed by atoms with Crippen molar-refractivity contribution in [3.63, 3.8) is 0 Å². The molecule has 0 atom stereocenters. The third-order valence-corrected chi connectivity index (χ3v) is 5.17. The van der Waals surface area contributed by atoms with E-state index in [0.29, 0.717) is 36.4 Å². The second-order valence-corrected chi connectivity index (χ2v) is 6.66. The summed E-state index contributed by atoms with van der Waals surface area (Å²) in [6.07, 6.45) is 0. The van der Waals surface area contributed by atoms with Crippen LogP contribution in [0.5, 0.6) is 0 Å². The van der Waals surface area contributed by atoms with Crippen molar-refractivity contribution in [2.45, 2.75) is 6.92 Å². The zero-order chi connectivity index (χ0) is 16.0. The molecule has 3 aromatic rings. The van der Waals surface area contributed by atoms with Crippen molar-refractivity contribution in [3.8, 4) is 0 Å². The van der Waals surface area contributed by atoms with Crippen molar-refractivity contribution in [2.75, 3.05) is 5.73 Å². The number of aromatic nitrogens is 1. The number of thiophene rings is 1. The lowest BCUT2D eigenvalue weighted by molar-refractivity contribution is 0.104. The van der Waals surface area contributed by atoms with Crippen LogP contribution in [-0.4, -0.2) is 10.8 Å². The van der Waals surface area contributed by atoms with Crippen LogP contribution in [0.15, 0.2) is 29.1 Å². The molecule has 0 unspecified atom stereocenters. The van der Waals surface area contributed by atoms with E-state index in [1.54, 1.807) is 19.1 Å². The Kier molecular flexibility index (Phi) is 3.72. The zero-order valence-corrected chi connectivity index (χ0v) is 13.7. The van der Waals surface area contributed by atoms with E-state index in [1.165, 1.54) is 12.1 Å². The van der Waals surface area contributed by atoms with Gasteiger partial charge >= 0.3 is 0 Å². The Balaban J connectivity index is 2.19. The number of carbonyl (C=O) groups is 1. The quantitative estimate of drug-likeness (QED) is 0.684. The Labute approximate surface area is 139 Å². The van der Waals surface area contributed by atoms with Crippen molar-refractivity contribution >= 4 is 56.2 Å². The van der Waals surface area contributed by atoms with Gasteiger partial charge in [-0.2, -0.15) is 0 Å². The number of hydrogen-bond acceptors (Lipinski definition) is 4. The predicted octanol–water partition coefficient (Wildman–Crippen LogP) is 4.02. The number of aryl methyl sites for hydroxylation is 1. The van der Waals surface area contributed by atoms with Crippen LogP contribution in [-0.2, 0) is 0 Å². The molecule has 22 heavy (non-hydrogen) atoms. The minimum atomic E-state index is -0.252. The molecule has 2 heterocycles. The van der Waals surface area contributed by atoms with E-state index in [4.69, 9.17) is 28.9 Å². The van der Waals surface area contributed by atoms with E-state index in [2.05, 4.69) is 4.98 Å². The van der Waals surface area contributed by atoms with Crippen molar-refractivity contribution in [1.82, 2.24) is 4.98 Å². The van der Waals surface area contributed by atoms with E-state index >= 15 is 0 Å². The van der Waals surface area contributed by atoms with Gasteiger partial charge in [0, 0.05) is 17.0 Å². The fourth-order valence-electron chi connectivity index (χ4n) is 2.28. The number of benzene rings is 1. The number of nitrogen functional groups attached to an aromatic ring is 1. The van der Waals surface area contributed by atoms with Gasteiger partial charge in [-0.25, -0.2) is 0 Å². The van der Waals surface area contributed by atoms with Gasteiger partial charge in [0.2, 0.25) is 11.3 Å². The molecule has 7 heteroatoms. The maximum atomic E-state index is 12.6. The molecule has 0 fully saturated rings. The summed E-state index contributed by atoms with van der Waals surface area (Å²) in [6, 6.07) is 6.12. The molecule has 4 nitrogen and oxygen atoms in total. The smallest absolute Gasteiger partial charge is 0.249 e. The Bertz CT molecular complexity index is 976. The lowest BCUT2D eigenvalue weighted by atomic mass is 10.1. The Hall–Kier alpha value is -1.82. The average Bonchev–Trinajstić information content (AvgIpc) is 2.78. The van der Waals surface area contributed by atoms with Crippen molar-refractivity contribution < 1.29 is 4.79 Å². The standard InChI is InChI=1S/C15H10Cl2N2O2S/c1-6-4-10(20)19-15-11(6)12(18)14(22-15)13(21)7-2-3-8(16)9(17)5-7/h2-5H,18H2,1H3,(H,19,20). The first-order valence-corrected chi connectivity index (χ1v) is 7.87. The normalized spacial score (nSPS) is 11.0. The highest BCUT2D eigenvalue weighted by Crippen LogP contribution is 2.35. The van der Waals surface area contributed by atoms with E-state index in [1.807, 2.05) is 0 Å². The molecule has 0 radical (unpaired) electrons. The second kappa shape index (κ2) is 5.43. The lowest BCUT2D eigenvalue weighted by Crippen LogP contribution is -2.04. The number of hydrogen-bond donors (Lipinski definition) is 2. The van der Waals surface area contributed by atoms with E-state index in [-0.39, 0.29) is 11.3 Å². The number of aromatic amines is 1. The van der Waals surface area contributed by atoms with Gasteiger partial charge in [-0.15, -0.1) is 11.3 Å². The SMILES string of the molecule is Cc1cc(=O)[nH]c2sc(C(=O)c3ccc(Cl)c(Cl)c3)c(N)c12. The molecule has 0 spiro atoms. The fourth-order valence-corrected chi connectivity index (χ4v) is 3.73. The number of fused-ring (bicyclic) bond motifs is 1. The van der Waals surface area contributed by atoms with Gasteiger partial charge in [-0.1, -0.05) is 23.2 Å². The van der Waals surface area contributed by atoms with Crippen LogP contribution in [0.2, 0.25) is 10.0 Å². The molecule has 0 aliphatic heterocycles. The van der Waals surface area contributed by atoms with Gasteiger partial charge in [0.15, 0.2) is 0 Å². The van der Waals surface area contributed by atoms with Crippen LogP contribution < -0.4 is 11.3 Å². The number of halogens is 2. The third kappa shape index (κ3) is 2.41. The summed E-state index contributed by atoms with van der Waals surface area (Å²) in [4.78, 5) is 27.8. The molecule has 0 saturated carbocycles. The maximum Gasteiger partial charge on any atom is 0.249 e. The highest BCUT2D eigenvalue weighted by atomic mass is 35.5. The van der Waals surface area contributed by atoms with Crippen molar-refractivity contribution in [3.05, 3.63) is 60.7 Å². The first-order valence-electron chi connectivity index (χ1n) is 6.30. The number of nitrogens with one attached hydrogen (secondary N) is 1. The minimum Gasteiger partial charge on any atom is -0.397 e. The summed E-state index contributed by atoms with van der Waals surface area (Å²) in [7, 11) is 0. The summed E-state index contributed by atoms with van der Waals surface area (Å²) < 4.78 is 0. The molecule has 0 amide bonds. The van der Waals surface area contributed by atoms with Crippen LogP contribution in [0.25, 0.3) is 10.2 Å². The molecule has 0 bridgehead atoms. The summed E-state index contributed by atoms with van der Waals surface area (Å²) in [5.41, 5.74) is 7.38. The van der Waals surface area contributed by atoms with Gasteiger partial charge in [0.25, 0.3) is 0 Å². The largest absolute Gasteiger partial charge is 0.397 e. The highest BCUT2D eigenvalue weighted by Gasteiger charge is 2.20. The monoisotopic (exact) mass is 352 g/mol. The van der Waals surface area contributed by atoms with Gasteiger partial charge in [0.1, 0.15) is 9.71 Å². The number of pyridine rings is 1. The molecule has 2 aromatic heterocycles. The summed E-state index contributed by atoms with van der Waals surface area (Å²) in [5, 5.41) is 1.38. The Morgan fingerprint density at radius 3 is 2.64 bits per heavy atom. The van der Waals surface area contributed by atoms with Crippen LogP contribution in [0.1, 0.15) is 20.8 Å². The van der Waals surface area contributed by atoms with Crippen LogP contribution >= 0.6 is 34.5 Å². The number of rotatable bonds is 2. The molecular weight excluding hydrogens is 343 g/mol. The number of ketones is 1. The summed E-state index contributed by atoms with van der Waals surface area (Å²) >= 11 is 13.0. The number of carbonyl (C=O) groups excluding carboxylic acids is 1. The third-order valence-electron chi connectivity index (χ3n) is 3.31. The second-order valence-electron chi connectivity index (χ2n) is 4.82. The average molecular weight is 353 g/mol. The number of anilines is 1. The van der Waals surface area contributed by atoms with E-state index in [0.717, 1.165) is 16.9 Å². The van der Waals surface area contributed by atoms with Gasteiger partial charge in [-0.05, 0) is 30.7 Å². The van der Waals surface area contributed by atoms with Crippen molar-refractivity contribution in [2.24, 2.45) is 0 Å². The molecule has 0 saturated heterocycles. The van der Waals surface area contributed by atoms with Gasteiger partial charge in [0.05, 0.1) is 15.7 Å². The molecule has 3 N–H and O–H groups in total. The van der Waals surface area contributed by atoms with E-state index < -0.39 is 0 Å². The molecule has 3 rings (SSSR count). The first-order chi connectivity index (χ1) is 10.4. The summed E-state index contributed by atoms with van der Waals surface area (Å²) in [6.45, 7) is 1.79. The van der Waals surface area contributed by atoms with Crippen LogP contribution in [0, 0.1) is 6.92 Å². The van der Waals surface area contributed by atoms with Crippen molar-refractivity contribution in [1.29, 1.82) is 0 Å². The number of nitrogens with two attached hydrogens (primary N) is 1. The predicted molar refractivity (Wildman–Crippen MR) is 91.5 cm³/mol. The van der Waals surface area contributed by atoms with Gasteiger partial charge < -0.3 is 10.7 Å². The van der Waals surface area contributed by atoms with Crippen LogP contribution in [0.3, 0.4) is 0 Å². The molecular formula is C15H10Cl2N2O2S. The number of H-pyrrole nitrogens is 1. The highest BCUT2D eigenvalue weighted by molar-refractivity contribution is 7.21. The van der Waals surface area contributed by atoms with E-state index in [9.17, 15) is 9.59 Å². The first kappa shape index (κ1) is 15.1. The Morgan fingerprint density at radius 2 is 1.95 bits per heavy atom. The summed E-state index contributed by atoms with van der Waals surface area (Å²) in [5.74, 6) is -0.252.